The minimum absolute atomic E-state index is 0.130. The summed E-state index contributed by atoms with van der Waals surface area (Å²) in [6, 6.07) is 11.1. The first kappa shape index (κ1) is 18.3. The third-order valence-corrected chi connectivity index (χ3v) is 5.52. The molecule has 1 aliphatic carbocycles. The number of hydrogen-bond acceptors (Lipinski definition) is 2. The summed E-state index contributed by atoms with van der Waals surface area (Å²) in [7, 11) is 0. The van der Waals surface area contributed by atoms with Gasteiger partial charge in [-0.05, 0) is 48.2 Å². The summed E-state index contributed by atoms with van der Waals surface area (Å²) in [6.07, 6.45) is 8.02. The topological polar surface area (TPSA) is 46.9 Å². The van der Waals surface area contributed by atoms with Crippen molar-refractivity contribution in [3.8, 4) is 5.69 Å². The fraction of sp³-hybridized carbons (Fsp3) is 0.273. The van der Waals surface area contributed by atoms with E-state index < -0.39 is 5.41 Å². The highest BCUT2D eigenvalue weighted by Crippen LogP contribution is 2.41. The van der Waals surface area contributed by atoms with Crippen LogP contribution in [-0.4, -0.2) is 15.5 Å². The van der Waals surface area contributed by atoms with Gasteiger partial charge < -0.3 is 9.88 Å². The third-order valence-electron chi connectivity index (χ3n) is 5.52. The Morgan fingerprint density at radius 2 is 1.96 bits per heavy atom. The van der Waals surface area contributed by atoms with Crippen molar-refractivity contribution in [3.63, 3.8) is 0 Å². The molecule has 0 unspecified atom stereocenters. The molecule has 0 radical (unpaired) electrons. The average Bonchev–Trinajstić information content (AvgIpc) is 3.39. The maximum Gasteiger partial charge on any atom is 0.230 e. The van der Waals surface area contributed by atoms with E-state index in [0.29, 0.717) is 29.7 Å². The van der Waals surface area contributed by atoms with Crippen LogP contribution in [0, 0.1) is 11.6 Å². The van der Waals surface area contributed by atoms with Crippen LogP contribution in [0.4, 0.5) is 8.78 Å². The Hall–Kier alpha value is -3.02. The Morgan fingerprint density at radius 3 is 2.64 bits per heavy atom. The lowest BCUT2D eigenvalue weighted by Gasteiger charge is -2.28. The van der Waals surface area contributed by atoms with E-state index in [1.54, 1.807) is 35.2 Å². The number of imidazole rings is 1. The van der Waals surface area contributed by atoms with E-state index in [1.165, 1.54) is 24.5 Å². The van der Waals surface area contributed by atoms with Crippen molar-refractivity contribution in [1.82, 2.24) is 14.9 Å². The fourth-order valence-corrected chi connectivity index (χ4v) is 4.03. The molecular formula is C22H21F2N3O. The van der Waals surface area contributed by atoms with Gasteiger partial charge in [0.15, 0.2) is 0 Å². The number of aromatic nitrogens is 2. The molecule has 1 aliphatic rings. The monoisotopic (exact) mass is 381 g/mol. The van der Waals surface area contributed by atoms with E-state index in [4.69, 9.17) is 0 Å². The molecule has 0 saturated heterocycles. The second-order valence-corrected chi connectivity index (χ2v) is 7.24. The second kappa shape index (κ2) is 7.54. The van der Waals surface area contributed by atoms with E-state index in [1.807, 2.05) is 6.07 Å². The molecule has 3 aromatic rings. The predicted molar refractivity (Wildman–Crippen MR) is 102 cm³/mol. The van der Waals surface area contributed by atoms with Crippen LogP contribution >= 0.6 is 0 Å². The molecule has 0 aliphatic heterocycles. The normalized spacial score (nSPS) is 15.5. The van der Waals surface area contributed by atoms with Crippen molar-refractivity contribution in [1.29, 1.82) is 0 Å². The molecule has 4 rings (SSSR count). The molecule has 0 atom stereocenters. The van der Waals surface area contributed by atoms with Gasteiger partial charge >= 0.3 is 0 Å². The first-order valence-corrected chi connectivity index (χ1v) is 9.40. The van der Waals surface area contributed by atoms with E-state index >= 15 is 0 Å². The summed E-state index contributed by atoms with van der Waals surface area (Å²) in [5, 5.41) is 2.93. The van der Waals surface area contributed by atoms with Crippen LogP contribution in [0.2, 0.25) is 0 Å². The first-order chi connectivity index (χ1) is 13.6. The van der Waals surface area contributed by atoms with Gasteiger partial charge in [0.25, 0.3) is 0 Å². The number of rotatable bonds is 5. The number of benzene rings is 2. The van der Waals surface area contributed by atoms with Crippen molar-refractivity contribution < 1.29 is 13.6 Å². The molecule has 1 heterocycles. The van der Waals surface area contributed by atoms with Gasteiger partial charge in [-0.2, -0.15) is 0 Å². The summed E-state index contributed by atoms with van der Waals surface area (Å²) in [4.78, 5) is 17.0. The molecule has 1 N–H and O–H groups in total. The summed E-state index contributed by atoms with van der Waals surface area (Å²) in [6.45, 7) is 0.219. The summed E-state index contributed by atoms with van der Waals surface area (Å²) >= 11 is 0. The molecule has 0 bridgehead atoms. The van der Waals surface area contributed by atoms with Crippen LogP contribution < -0.4 is 5.32 Å². The third kappa shape index (κ3) is 3.42. The molecule has 1 fully saturated rings. The highest BCUT2D eigenvalue weighted by Gasteiger charge is 2.42. The molecule has 6 heteroatoms. The lowest BCUT2D eigenvalue weighted by atomic mass is 9.78. The number of amides is 1. The van der Waals surface area contributed by atoms with Crippen LogP contribution in [0.15, 0.2) is 61.2 Å². The Bertz CT molecular complexity index is 979. The van der Waals surface area contributed by atoms with Crippen LogP contribution in [0.3, 0.4) is 0 Å². The SMILES string of the molecule is O=C(NCc1ccc(-n2ccnc2)c(F)c1)C1(c2cccc(F)c2)CCCC1. The zero-order valence-electron chi connectivity index (χ0n) is 15.4. The number of nitrogens with zero attached hydrogens (tertiary/aromatic N) is 2. The fourth-order valence-electron chi connectivity index (χ4n) is 4.03. The van der Waals surface area contributed by atoms with Crippen molar-refractivity contribution in [2.24, 2.45) is 0 Å². The van der Waals surface area contributed by atoms with Crippen LogP contribution in [0.5, 0.6) is 0 Å². The smallest absolute Gasteiger partial charge is 0.230 e. The largest absolute Gasteiger partial charge is 0.351 e. The number of hydrogen-bond donors (Lipinski definition) is 1. The summed E-state index contributed by atoms with van der Waals surface area (Å²) in [5.41, 5.74) is 1.07. The number of carbonyl (C=O) groups excluding carboxylic acids is 1. The molecule has 144 valence electrons. The molecular weight excluding hydrogens is 360 g/mol. The van der Waals surface area contributed by atoms with Crippen LogP contribution in [0.1, 0.15) is 36.8 Å². The van der Waals surface area contributed by atoms with E-state index in [0.717, 1.165) is 12.8 Å². The highest BCUT2D eigenvalue weighted by molar-refractivity contribution is 5.88. The lowest BCUT2D eigenvalue weighted by molar-refractivity contribution is -0.126. The molecule has 0 spiro atoms. The van der Waals surface area contributed by atoms with Gasteiger partial charge in [-0.15, -0.1) is 0 Å². The highest BCUT2D eigenvalue weighted by atomic mass is 19.1. The molecule has 4 nitrogen and oxygen atoms in total. The molecule has 28 heavy (non-hydrogen) atoms. The summed E-state index contributed by atoms with van der Waals surface area (Å²) in [5.74, 6) is -0.853. The zero-order valence-corrected chi connectivity index (χ0v) is 15.4. The maximum atomic E-state index is 14.4. The van der Waals surface area contributed by atoms with Gasteiger partial charge in [0.2, 0.25) is 5.91 Å². The molecule has 2 aromatic carbocycles. The summed E-state index contributed by atoms with van der Waals surface area (Å²) < 4.78 is 29.7. The van der Waals surface area contributed by atoms with Gasteiger partial charge in [0.1, 0.15) is 11.6 Å². The Kier molecular flexibility index (Phi) is 4.94. The molecule has 1 amide bonds. The maximum absolute atomic E-state index is 14.4. The quantitative estimate of drug-likeness (QED) is 0.717. The van der Waals surface area contributed by atoms with Crippen molar-refractivity contribution in [2.75, 3.05) is 0 Å². The number of nitrogens with one attached hydrogen (secondary N) is 1. The second-order valence-electron chi connectivity index (χ2n) is 7.24. The Morgan fingerprint density at radius 1 is 1.14 bits per heavy atom. The Balaban J connectivity index is 1.51. The standard InChI is InChI=1S/C22H21F2N3O/c23-18-5-3-4-17(13-18)22(8-1-2-9-22)21(28)26-14-16-6-7-20(19(24)12-16)27-11-10-25-15-27/h3-7,10-13,15H,1-2,8-9,14H2,(H,26,28). The molecule has 1 saturated carbocycles. The van der Waals surface area contributed by atoms with Gasteiger partial charge in [-0.3, -0.25) is 4.79 Å². The van der Waals surface area contributed by atoms with Crippen molar-refractivity contribution in [2.45, 2.75) is 37.6 Å². The van der Waals surface area contributed by atoms with E-state index in [-0.39, 0.29) is 24.1 Å². The first-order valence-electron chi connectivity index (χ1n) is 9.40. The average molecular weight is 381 g/mol. The van der Waals surface area contributed by atoms with E-state index in [9.17, 15) is 13.6 Å². The van der Waals surface area contributed by atoms with Crippen molar-refractivity contribution >= 4 is 5.91 Å². The van der Waals surface area contributed by atoms with Crippen LogP contribution in [0.25, 0.3) is 5.69 Å². The predicted octanol–water partition coefficient (Wildman–Crippen LogP) is 4.28. The number of carbonyl (C=O) groups is 1. The number of halogens is 2. The van der Waals surface area contributed by atoms with Gasteiger partial charge in [-0.25, -0.2) is 13.8 Å². The minimum atomic E-state index is -0.711. The van der Waals surface area contributed by atoms with E-state index in [2.05, 4.69) is 10.3 Å². The van der Waals surface area contributed by atoms with Crippen LogP contribution in [-0.2, 0) is 16.8 Å². The Labute approximate surface area is 162 Å². The minimum Gasteiger partial charge on any atom is -0.351 e. The van der Waals surface area contributed by atoms with Gasteiger partial charge in [-0.1, -0.05) is 31.0 Å². The lowest BCUT2D eigenvalue weighted by Crippen LogP contribution is -2.42. The van der Waals surface area contributed by atoms with Gasteiger partial charge in [0, 0.05) is 18.9 Å². The zero-order chi connectivity index (χ0) is 19.6. The van der Waals surface area contributed by atoms with Crippen molar-refractivity contribution in [3.05, 3.63) is 83.9 Å². The van der Waals surface area contributed by atoms with Gasteiger partial charge in [0.05, 0.1) is 17.4 Å². The molecule has 1 aromatic heterocycles.